The van der Waals surface area contributed by atoms with E-state index in [2.05, 4.69) is 9.97 Å². The number of hydrogen-bond acceptors (Lipinski definition) is 5. The fourth-order valence-corrected chi connectivity index (χ4v) is 1.98. The van der Waals surface area contributed by atoms with E-state index in [1.165, 1.54) is 6.33 Å². The Morgan fingerprint density at radius 2 is 2.06 bits per heavy atom. The summed E-state index contributed by atoms with van der Waals surface area (Å²) in [4.78, 5) is 7.95. The van der Waals surface area contributed by atoms with Crippen molar-refractivity contribution in [1.29, 1.82) is 0 Å². The Bertz CT molecular complexity index is 550. The Labute approximate surface area is 109 Å². The smallest absolute Gasteiger partial charge is 0.140 e. The summed E-state index contributed by atoms with van der Waals surface area (Å²) in [5, 5.41) is 20.8. The molecule has 0 fully saturated rings. The van der Waals surface area contributed by atoms with Crippen LogP contribution in [0.25, 0.3) is 10.9 Å². The van der Waals surface area contributed by atoms with Crippen molar-refractivity contribution >= 4 is 22.5 Å². The van der Waals surface area contributed by atoms with Gasteiger partial charge in [-0.25, -0.2) is 9.97 Å². The number of benzene rings is 1. The van der Waals surface area contributed by atoms with Crippen LogP contribution in [0.3, 0.4) is 0 Å². The molecular formula is C12H14ClN3O2. The molecule has 6 heteroatoms. The second kappa shape index (κ2) is 5.58. The second-order valence-corrected chi connectivity index (χ2v) is 4.39. The van der Waals surface area contributed by atoms with E-state index in [-0.39, 0.29) is 0 Å². The Hall–Kier alpha value is -1.27. The van der Waals surface area contributed by atoms with E-state index < -0.39 is 12.2 Å². The molecule has 0 bridgehead atoms. The number of aromatic nitrogens is 2. The molecule has 2 atom stereocenters. The van der Waals surface area contributed by atoms with E-state index in [1.54, 1.807) is 18.2 Å². The molecule has 2 unspecified atom stereocenters. The van der Waals surface area contributed by atoms with E-state index in [4.69, 9.17) is 17.3 Å². The van der Waals surface area contributed by atoms with E-state index in [1.807, 2.05) is 0 Å². The number of rotatable bonds is 4. The third-order valence-corrected chi connectivity index (χ3v) is 3.08. The van der Waals surface area contributed by atoms with Gasteiger partial charge in [0.15, 0.2) is 0 Å². The third-order valence-electron chi connectivity index (χ3n) is 2.78. The van der Waals surface area contributed by atoms with Crippen molar-refractivity contribution in [3.05, 3.63) is 35.2 Å². The fraction of sp³-hybridized carbons (Fsp3) is 0.333. The molecule has 0 saturated carbocycles. The van der Waals surface area contributed by atoms with Gasteiger partial charge in [-0.05, 0) is 30.7 Å². The lowest BCUT2D eigenvalue weighted by Crippen LogP contribution is -2.21. The van der Waals surface area contributed by atoms with Gasteiger partial charge >= 0.3 is 0 Å². The number of nitrogens with two attached hydrogens (primary N) is 1. The maximum absolute atomic E-state index is 9.97. The van der Waals surface area contributed by atoms with Gasteiger partial charge in [-0.2, -0.15) is 0 Å². The maximum atomic E-state index is 9.97. The fourth-order valence-electron chi connectivity index (χ4n) is 1.78. The predicted molar refractivity (Wildman–Crippen MR) is 69.2 cm³/mol. The van der Waals surface area contributed by atoms with Gasteiger partial charge in [-0.15, -0.1) is 0 Å². The van der Waals surface area contributed by atoms with Gasteiger partial charge in [0, 0.05) is 5.39 Å². The molecule has 2 rings (SSSR count). The molecule has 18 heavy (non-hydrogen) atoms. The highest BCUT2D eigenvalue weighted by Gasteiger charge is 2.18. The highest BCUT2D eigenvalue weighted by atomic mass is 35.5. The van der Waals surface area contributed by atoms with Crippen LogP contribution in [0.5, 0.6) is 0 Å². The van der Waals surface area contributed by atoms with Crippen molar-refractivity contribution in [3.63, 3.8) is 0 Å². The molecule has 96 valence electrons. The summed E-state index contributed by atoms with van der Waals surface area (Å²) >= 11 is 5.92. The highest BCUT2D eigenvalue weighted by Crippen LogP contribution is 2.25. The molecule has 1 aromatic carbocycles. The molecular weight excluding hydrogens is 254 g/mol. The number of nitrogens with zero attached hydrogens (tertiary/aromatic N) is 2. The minimum Gasteiger partial charge on any atom is -0.390 e. The van der Waals surface area contributed by atoms with E-state index in [0.29, 0.717) is 34.6 Å². The molecule has 0 aliphatic heterocycles. The number of fused-ring (bicyclic) bond motifs is 1. The van der Waals surface area contributed by atoms with Crippen LogP contribution in [0.4, 0.5) is 0 Å². The second-order valence-electron chi connectivity index (χ2n) is 4.03. The summed E-state index contributed by atoms with van der Waals surface area (Å²) < 4.78 is 0. The SMILES string of the molecule is NCCC(O)C(O)c1ccc2c(Cl)ncnc2c1. The largest absolute Gasteiger partial charge is 0.390 e. The Morgan fingerprint density at radius 3 is 2.78 bits per heavy atom. The minimum atomic E-state index is -0.980. The lowest BCUT2D eigenvalue weighted by molar-refractivity contribution is 0.0151. The molecule has 0 amide bonds. The van der Waals surface area contributed by atoms with Crippen LogP contribution >= 0.6 is 11.6 Å². The molecule has 0 radical (unpaired) electrons. The lowest BCUT2D eigenvalue weighted by atomic mass is 10.0. The van der Waals surface area contributed by atoms with Crippen molar-refractivity contribution in [2.45, 2.75) is 18.6 Å². The van der Waals surface area contributed by atoms with Gasteiger partial charge < -0.3 is 15.9 Å². The summed E-state index contributed by atoms with van der Waals surface area (Å²) in [5.41, 5.74) is 6.56. The zero-order valence-electron chi connectivity index (χ0n) is 9.62. The average molecular weight is 268 g/mol. The van der Waals surface area contributed by atoms with E-state index in [9.17, 15) is 10.2 Å². The summed E-state index contributed by atoms with van der Waals surface area (Å²) in [7, 11) is 0. The third kappa shape index (κ3) is 2.59. The Balaban J connectivity index is 2.35. The van der Waals surface area contributed by atoms with Crippen LogP contribution in [0.2, 0.25) is 5.15 Å². The summed E-state index contributed by atoms with van der Waals surface area (Å²) in [5.74, 6) is 0. The van der Waals surface area contributed by atoms with Crippen LogP contribution in [-0.4, -0.2) is 32.8 Å². The number of halogens is 1. The van der Waals surface area contributed by atoms with Gasteiger partial charge in [0.2, 0.25) is 0 Å². The molecule has 1 aromatic heterocycles. The first-order valence-electron chi connectivity index (χ1n) is 5.60. The molecule has 5 nitrogen and oxygen atoms in total. The predicted octanol–water partition coefficient (Wildman–Crippen LogP) is 1.03. The molecule has 0 spiro atoms. The summed E-state index contributed by atoms with van der Waals surface area (Å²) in [6.07, 6.45) is -0.169. The summed E-state index contributed by atoms with van der Waals surface area (Å²) in [6.45, 7) is 0.319. The first-order chi connectivity index (χ1) is 8.63. The number of aliphatic hydroxyl groups excluding tert-OH is 2. The van der Waals surface area contributed by atoms with Gasteiger partial charge in [0.05, 0.1) is 11.6 Å². The van der Waals surface area contributed by atoms with Gasteiger partial charge in [-0.1, -0.05) is 17.7 Å². The van der Waals surface area contributed by atoms with E-state index >= 15 is 0 Å². The average Bonchev–Trinajstić information content (AvgIpc) is 2.38. The first-order valence-corrected chi connectivity index (χ1v) is 5.97. The molecule has 0 aliphatic carbocycles. The summed E-state index contributed by atoms with van der Waals surface area (Å²) in [6, 6.07) is 5.11. The van der Waals surface area contributed by atoms with E-state index in [0.717, 1.165) is 0 Å². The standard InChI is InChI=1S/C12H14ClN3O2/c13-12-8-2-1-7(5-9(8)15-6-16-12)11(18)10(17)3-4-14/h1-2,5-6,10-11,17-18H,3-4,14H2. The van der Waals surface area contributed by atoms with Crippen molar-refractivity contribution in [3.8, 4) is 0 Å². The quantitative estimate of drug-likeness (QED) is 0.720. The van der Waals surface area contributed by atoms with Gasteiger partial charge in [0.1, 0.15) is 17.6 Å². The highest BCUT2D eigenvalue weighted by molar-refractivity contribution is 6.34. The molecule has 1 heterocycles. The monoisotopic (exact) mass is 267 g/mol. The van der Waals surface area contributed by atoms with Crippen LogP contribution in [0.1, 0.15) is 18.1 Å². The molecule has 0 saturated heterocycles. The van der Waals surface area contributed by atoms with Gasteiger partial charge in [0.25, 0.3) is 0 Å². The molecule has 2 aromatic rings. The van der Waals surface area contributed by atoms with Crippen molar-refractivity contribution < 1.29 is 10.2 Å². The lowest BCUT2D eigenvalue weighted by Gasteiger charge is -2.17. The van der Waals surface area contributed by atoms with Crippen LogP contribution in [-0.2, 0) is 0 Å². The maximum Gasteiger partial charge on any atom is 0.140 e. The van der Waals surface area contributed by atoms with Crippen molar-refractivity contribution in [2.24, 2.45) is 5.73 Å². The minimum absolute atomic E-state index is 0.319. The van der Waals surface area contributed by atoms with Crippen molar-refractivity contribution in [2.75, 3.05) is 6.54 Å². The van der Waals surface area contributed by atoms with Crippen LogP contribution in [0, 0.1) is 0 Å². The normalized spacial score (nSPS) is 14.7. The molecule has 4 N–H and O–H groups in total. The molecule has 0 aliphatic rings. The van der Waals surface area contributed by atoms with Crippen LogP contribution < -0.4 is 5.73 Å². The zero-order chi connectivity index (χ0) is 13.1. The number of hydrogen-bond donors (Lipinski definition) is 3. The zero-order valence-corrected chi connectivity index (χ0v) is 10.4. The van der Waals surface area contributed by atoms with Crippen LogP contribution in [0.15, 0.2) is 24.5 Å². The Morgan fingerprint density at radius 1 is 1.28 bits per heavy atom. The first kappa shape index (κ1) is 13.2. The number of aliphatic hydroxyl groups is 2. The Kier molecular flexibility index (Phi) is 4.08. The topological polar surface area (TPSA) is 92.3 Å². The van der Waals surface area contributed by atoms with Crippen molar-refractivity contribution in [1.82, 2.24) is 9.97 Å². The van der Waals surface area contributed by atoms with Gasteiger partial charge in [-0.3, -0.25) is 0 Å².